The van der Waals surface area contributed by atoms with Crippen LogP contribution in [-0.4, -0.2) is 29.6 Å². The van der Waals surface area contributed by atoms with E-state index >= 15 is 0 Å². The van der Waals surface area contributed by atoms with Crippen molar-refractivity contribution in [3.8, 4) is 0 Å². The molecule has 0 radical (unpaired) electrons. The summed E-state index contributed by atoms with van der Waals surface area (Å²) in [6, 6.07) is 9.20. The zero-order valence-corrected chi connectivity index (χ0v) is 13.4. The van der Waals surface area contributed by atoms with E-state index in [2.05, 4.69) is 64.3 Å². The van der Waals surface area contributed by atoms with Crippen LogP contribution in [0.1, 0.15) is 32.3 Å². The van der Waals surface area contributed by atoms with Crippen molar-refractivity contribution in [2.75, 3.05) is 13.1 Å². The Kier molecular flexibility index (Phi) is 3.71. The molecule has 1 heterocycles. The van der Waals surface area contributed by atoms with Crippen LogP contribution in [0.2, 0.25) is 0 Å². The number of hydrogen-bond acceptors (Lipinski definition) is 2. The number of piperazine rings is 1. The summed E-state index contributed by atoms with van der Waals surface area (Å²) in [6.07, 6.45) is 2.81. The van der Waals surface area contributed by atoms with Gasteiger partial charge in [-0.1, -0.05) is 34.1 Å². The van der Waals surface area contributed by atoms with E-state index in [1.807, 2.05) is 0 Å². The molecule has 3 heteroatoms. The number of benzene rings is 1. The Morgan fingerprint density at radius 2 is 2.11 bits per heavy atom. The van der Waals surface area contributed by atoms with Crippen molar-refractivity contribution in [3.05, 3.63) is 34.3 Å². The lowest BCUT2D eigenvalue weighted by molar-refractivity contribution is 0.0769. The highest BCUT2D eigenvalue weighted by Gasteiger charge is 2.45. The molecule has 1 aliphatic carbocycles. The molecule has 104 valence electrons. The average molecular weight is 323 g/mol. The maximum absolute atomic E-state index is 3.78. The number of hydrogen-bond donors (Lipinski definition) is 1. The Labute approximate surface area is 124 Å². The van der Waals surface area contributed by atoms with Gasteiger partial charge >= 0.3 is 0 Å². The van der Waals surface area contributed by atoms with Crippen LogP contribution in [0.4, 0.5) is 0 Å². The molecule has 1 aromatic carbocycles. The van der Waals surface area contributed by atoms with E-state index in [4.69, 9.17) is 0 Å². The summed E-state index contributed by atoms with van der Waals surface area (Å²) in [5.74, 6) is 0.890. The van der Waals surface area contributed by atoms with Gasteiger partial charge in [-0.05, 0) is 44.2 Å². The lowest BCUT2D eigenvalue weighted by Crippen LogP contribution is -2.62. The predicted molar refractivity (Wildman–Crippen MR) is 83.1 cm³/mol. The topological polar surface area (TPSA) is 15.3 Å². The molecule has 2 atom stereocenters. The van der Waals surface area contributed by atoms with E-state index in [9.17, 15) is 0 Å². The summed E-state index contributed by atoms with van der Waals surface area (Å²) in [6.45, 7) is 8.06. The van der Waals surface area contributed by atoms with Crippen molar-refractivity contribution < 1.29 is 0 Å². The zero-order valence-electron chi connectivity index (χ0n) is 11.8. The molecule has 2 nitrogen and oxygen atoms in total. The standard InChI is InChI=1S/C16H23BrN2/c1-12-9-18-16(2,14-7-8-14)11-19(12)10-13-5-3-4-6-15(13)17/h3-6,12,14,18H,7-11H2,1-2H3. The van der Waals surface area contributed by atoms with E-state index in [0.717, 1.165) is 19.0 Å². The van der Waals surface area contributed by atoms with Crippen LogP contribution in [0.5, 0.6) is 0 Å². The number of rotatable bonds is 3. The van der Waals surface area contributed by atoms with Gasteiger partial charge < -0.3 is 5.32 Å². The maximum atomic E-state index is 3.78. The molecule has 0 amide bonds. The van der Waals surface area contributed by atoms with E-state index in [0.29, 0.717) is 11.6 Å². The average Bonchev–Trinajstić information content (AvgIpc) is 3.21. The van der Waals surface area contributed by atoms with E-state index in [-0.39, 0.29) is 0 Å². The quantitative estimate of drug-likeness (QED) is 0.917. The van der Waals surface area contributed by atoms with Crippen molar-refractivity contribution in [1.29, 1.82) is 0 Å². The fourth-order valence-corrected chi connectivity index (χ4v) is 3.60. The summed E-state index contributed by atoms with van der Waals surface area (Å²) < 4.78 is 1.23. The molecule has 1 N–H and O–H groups in total. The molecule has 1 aliphatic heterocycles. The normalized spacial score (nSPS) is 32.5. The number of nitrogens with zero attached hydrogens (tertiary/aromatic N) is 1. The third-order valence-electron chi connectivity index (χ3n) is 4.77. The summed E-state index contributed by atoms with van der Waals surface area (Å²) >= 11 is 3.67. The molecule has 0 bridgehead atoms. The van der Waals surface area contributed by atoms with Crippen LogP contribution in [0.25, 0.3) is 0 Å². The van der Waals surface area contributed by atoms with Crippen molar-refractivity contribution in [1.82, 2.24) is 10.2 Å². The molecule has 2 aliphatic rings. The van der Waals surface area contributed by atoms with Crippen molar-refractivity contribution in [3.63, 3.8) is 0 Å². The van der Waals surface area contributed by atoms with E-state index in [1.54, 1.807) is 0 Å². The summed E-state index contributed by atoms with van der Waals surface area (Å²) in [4.78, 5) is 2.63. The highest BCUT2D eigenvalue weighted by Crippen LogP contribution is 2.41. The van der Waals surface area contributed by atoms with E-state index in [1.165, 1.54) is 29.4 Å². The third kappa shape index (κ3) is 2.88. The third-order valence-corrected chi connectivity index (χ3v) is 5.54. The number of nitrogens with one attached hydrogen (secondary N) is 1. The first kappa shape index (κ1) is 13.6. The zero-order chi connectivity index (χ0) is 13.5. The second-order valence-electron chi connectivity index (χ2n) is 6.42. The summed E-state index contributed by atoms with van der Waals surface area (Å²) in [5.41, 5.74) is 1.72. The van der Waals surface area contributed by atoms with Gasteiger partial charge in [-0.2, -0.15) is 0 Å². The first-order valence-electron chi connectivity index (χ1n) is 7.31. The van der Waals surface area contributed by atoms with Crippen LogP contribution in [0.15, 0.2) is 28.7 Å². The molecule has 2 fully saturated rings. The van der Waals surface area contributed by atoms with Crippen molar-refractivity contribution >= 4 is 15.9 Å². The SMILES string of the molecule is CC1CNC(C)(C2CC2)CN1Cc1ccccc1Br. The fourth-order valence-electron chi connectivity index (χ4n) is 3.19. The van der Waals surface area contributed by atoms with Crippen LogP contribution < -0.4 is 5.32 Å². The highest BCUT2D eigenvalue weighted by molar-refractivity contribution is 9.10. The second-order valence-corrected chi connectivity index (χ2v) is 7.27. The summed E-state index contributed by atoms with van der Waals surface area (Å²) in [7, 11) is 0. The molecule has 3 rings (SSSR count). The second kappa shape index (κ2) is 5.19. The highest BCUT2D eigenvalue weighted by atomic mass is 79.9. The van der Waals surface area contributed by atoms with Gasteiger partial charge in [0.15, 0.2) is 0 Å². The largest absolute Gasteiger partial charge is 0.308 e. The molecule has 19 heavy (non-hydrogen) atoms. The smallest absolute Gasteiger partial charge is 0.0309 e. The van der Waals surface area contributed by atoms with Gasteiger partial charge in [-0.25, -0.2) is 0 Å². The lowest BCUT2D eigenvalue weighted by Gasteiger charge is -2.45. The molecular formula is C16H23BrN2. The van der Waals surface area contributed by atoms with Crippen LogP contribution in [0, 0.1) is 5.92 Å². The van der Waals surface area contributed by atoms with Crippen molar-refractivity contribution in [2.24, 2.45) is 5.92 Å². The lowest BCUT2D eigenvalue weighted by atomic mass is 9.91. The van der Waals surface area contributed by atoms with Crippen molar-refractivity contribution in [2.45, 2.75) is 44.8 Å². The van der Waals surface area contributed by atoms with Gasteiger partial charge in [0, 0.05) is 35.7 Å². The molecule has 0 spiro atoms. The first-order valence-corrected chi connectivity index (χ1v) is 8.10. The Bertz CT molecular complexity index is 458. The first-order chi connectivity index (χ1) is 9.08. The fraction of sp³-hybridized carbons (Fsp3) is 0.625. The molecular weight excluding hydrogens is 300 g/mol. The Hall–Kier alpha value is -0.380. The summed E-state index contributed by atoms with van der Waals surface area (Å²) in [5, 5.41) is 3.78. The molecule has 1 aromatic rings. The Morgan fingerprint density at radius 3 is 2.79 bits per heavy atom. The maximum Gasteiger partial charge on any atom is 0.0309 e. The van der Waals surface area contributed by atoms with E-state index < -0.39 is 0 Å². The van der Waals surface area contributed by atoms with Crippen LogP contribution in [0.3, 0.4) is 0 Å². The molecule has 0 aromatic heterocycles. The Morgan fingerprint density at radius 1 is 1.37 bits per heavy atom. The number of halogens is 1. The Balaban J connectivity index is 1.73. The minimum atomic E-state index is 0.327. The molecule has 1 saturated carbocycles. The van der Waals surface area contributed by atoms with Gasteiger partial charge in [0.1, 0.15) is 0 Å². The van der Waals surface area contributed by atoms with Gasteiger partial charge in [0.25, 0.3) is 0 Å². The van der Waals surface area contributed by atoms with Crippen LogP contribution in [-0.2, 0) is 6.54 Å². The van der Waals surface area contributed by atoms with Gasteiger partial charge in [0.05, 0.1) is 0 Å². The predicted octanol–water partition coefficient (Wildman–Crippen LogP) is 3.41. The van der Waals surface area contributed by atoms with Gasteiger partial charge in [-0.3, -0.25) is 4.90 Å². The van der Waals surface area contributed by atoms with Gasteiger partial charge in [0.2, 0.25) is 0 Å². The minimum Gasteiger partial charge on any atom is -0.308 e. The molecule has 2 unspecified atom stereocenters. The van der Waals surface area contributed by atoms with Gasteiger partial charge in [-0.15, -0.1) is 0 Å². The van der Waals surface area contributed by atoms with Crippen LogP contribution >= 0.6 is 15.9 Å². The molecule has 1 saturated heterocycles. The monoisotopic (exact) mass is 322 g/mol. The minimum absolute atomic E-state index is 0.327.